The molecular weight excluding hydrogens is 512 g/mol. The van der Waals surface area contributed by atoms with Crippen molar-refractivity contribution in [3.05, 3.63) is 76.9 Å². The third kappa shape index (κ3) is 5.34. The second-order valence-corrected chi connectivity index (χ2v) is 12.8. The Morgan fingerprint density at radius 2 is 1.64 bits per heavy atom. The molecule has 0 fully saturated rings. The van der Waals surface area contributed by atoms with Gasteiger partial charge in [-0.15, -0.1) is 0 Å². The molecular formula is C29H34N6O3S. The highest BCUT2D eigenvalue weighted by atomic mass is 32.2. The van der Waals surface area contributed by atoms with Crippen molar-refractivity contribution in [3.8, 4) is 17.1 Å². The maximum atomic E-state index is 13.2. The predicted octanol–water partition coefficient (Wildman–Crippen LogP) is 5.53. The summed E-state index contributed by atoms with van der Waals surface area (Å²) < 4.78 is 37.0. The molecule has 0 saturated carbocycles. The van der Waals surface area contributed by atoms with E-state index in [1.54, 1.807) is 13.1 Å². The molecule has 39 heavy (non-hydrogen) atoms. The molecule has 5 rings (SSSR count). The SMILES string of the molecule is Cc1cccc(C)c1-c1cc2nc(n1)NS(=O)(=O)c1cc(n(C)n1)N[C@H](C)C(c1ccc(C(C)(C)C)cc1)O2. The number of sulfonamides is 1. The van der Waals surface area contributed by atoms with Crippen LogP contribution in [0.25, 0.3) is 11.3 Å². The number of aryl methyl sites for hydroxylation is 3. The minimum absolute atomic E-state index is 0.0138. The first-order valence-electron chi connectivity index (χ1n) is 12.9. The lowest BCUT2D eigenvalue weighted by molar-refractivity contribution is 0.180. The molecule has 2 aromatic heterocycles. The Labute approximate surface area is 229 Å². The van der Waals surface area contributed by atoms with Crippen LogP contribution in [-0.4, -0.2) is 34.2 Å². The molecule has 1 aliphatic heterocycles. The number of nitrogens with zero attached hydrogens (tertiary/aromatic N) is 4. The van der Waals surface area contributed by atoms with Crippen molar-refractivity contribution >= 4 is 21.8 Å². The van der Waals surface area contributed by atoms with Crippen molar-refractivity contribution < 1.29 is 13.2 Å². The van der Waals surface area contributed by atoms with Crippen LogP contribution in [0.4, 0.5) is 11.8 Å². The van der Waals surface area contributed by atoms with E-state index in [-0.39, 0.29) is 28.3 Å². The van der Waals surface area contributed by atoms with Crippen molar-refractivity contribution in [3.63, 3.8) is 0 Å². The molecule has 0 radical (unpaired) electrons. The summed E-state index contributed by atoms with van der Waals surface area (Å²) in [4.78, 5) is 9.06. The number of hydrogen-bond donors (Lipinski definition) is 2. The van der Waals surface area contributed by atoms with Crippen LogP contribution in [0.3, 0.4) is 0 Å². The Bertz CT molecular complexity index is 1620. The van der Waals surface area contributed by atoms with Gasteiger partial charge in [-0.3, -0.25) is 4.68 Å². The van der Waals surface area contributed by atoms with Gasteiger partial charge in [0.1, 0.15) is 11.9 Å². The van der Waals surface area contributed by atoms with Crippen LogP contribution in [0.2, 0.25) is 0 Å². The fourth-order valence-corrected chi connectivity index (χ4v) is 5.76. The lowest BCUT2D eigenvalue weighted by atomic mass is 9.86. The standard InChI is InChI=1S/C29H34N6O3S/c1-17-9-8-10-18(2)26(17)22-15-24-32-28(31-22)34-39(36,37)25-16-23(35(7)33-25)30-19(3)27(38-24)20-11-13-21(14-12-20)29(4,5)6/h8-16,19,27,30H,1-7H3,(H,31,32,34)/t19-,27?/m1/s1. The summed E-state index contributed by atoms with van der Waals surface area (Å²) >= 11 is 0. The van der Waals surface area contributed by atoms with Gasteiger partial charge in [0.2, 0.25) is 11.8 Å². The molecule has 0 amide bonds. The molecule has 2 aromatic carbocycles. The zero-order chi connectivity index (χ0) is 28.1. The van der Waals surface area contributed by atoms with Crippen LogP contribution in [0.5, 0.6) is 5.88 Å². The molecule has 2 atom stereocenters. The van der Waals surface area contributed by atoms with Crippen LogP contribution in [0.1, 0.15) is 56.1 Å². The number of hydrogen-bond acceptors (Lipinski definition) is 7. The van der Waals surface area contributed by atoms with Crippen LogP contribution in [0.15, 0.2) is 59.6 Å². The van der Waals surface area contributed by atoms with Crippen LogP contribution >= 0.6 is 0 Å². The van der Waals surface area contributed by atoms with Crippen molar-refractivity contribution in [1.29, 1.82) is 0 Å². The predicted molar refractivity (Wildman–Crippen MR) is 153 cm³/mol. The molecule has 9 nitrogen and oxygen atoms in total. The molecule has 1 aliphatic rings. The van der Waals surface area contributed by atoms with Gasteiger partial charge >= 0.3 is 0 Å². The monoisotopic (exact) mass is 546 g/mol. The first-order chi connectivity index (χ1) is 18.3. The number of aromatic nitrogens is 4. The van der Waals surface area contributed by atoms with Crippen molar-refractivity contribution in [2.75, 3.05) is 10.0 Å². The third-order valence-corrected chi connectivity index (χ3v) is 8.18. The zero-order valence-electron chi connectivity index (χ0n) is 23.3. The molecule has 1 unspecified atom stereocenters. The lowest BCUT2D eigenvalue weighted by Crippen LogP contribution is -2.30. The molecule has 0 spiro atoms. The van der Waals surface area contributed by atoms with E-state index in [1.807, 2.05) is 39.0 Å². The number of ether oxygens (including phenoxy) is 1. The Balaban J connectivity index is 1.68. The molecule has 4 bridgehead atoms. The normalized spacial score (nSPS) is 18.6. The number of benzene rings is 2. The molecule has 10 heteroatoms. The van der Waals surface area contributed by atoms with Crippen LogP contribution < -0.4 is 14.8 Å². The average molecular weight is 547 g/mol. The first kappa shape index (κ1) is 26.7. The maximum absolute atomic E-state index is 13.2. The number of rotatable bonds is 2. The summed E-state index contributed by atoms with van der Waals surface area (Å²) in [5, 5.41) is 7.50. The number of nitrogens with one attached hydrogen (secondary N) is 2. The summed E-state index contributed by atoms with van der Waals surface area (Å²) in [5.74, 6) is 0.723. The Kier molecular flexibility index (Phi) is 6.62. The lowest BCUT2D eigenvalue weighted by Gasteiger charge is -2.28. The summed E-state index contributed by atoms with van der Waals surface area (Å²) in [6.07, 6.45) is -0.457. The van der Waals surface area contributed by atoms with E-state index in [0.29, 0.717) is 11.5 Å². The molecule has 204 valence electrons. The molecule has 2 N–H and O–H groups in total. The van der Waals surface area contributed by atoms with Gasteiger partial charge in [0.15, 0.2) is 5.03 Å². The van der Waals surface area contributed by atoms with E-state index in [1.165, 1.54) is 16.3 Å². The van der Waals surface area contributed by atoms with E-state index in [9.17, 15) is 8.42 Å². The van der Waals surface area contributed by atoms with Gasteiger partial charge in [-0.1, -0.05) is 63.2 Å². The fraction of sp³-hybridized carbons (Fsp3) is 0.345. The third-order valence-electron chi connectivity index (χ3n) is 6.98. The number of anilines is 2. The van der Waals surface area contributed by atoms with E-state index >= 15 is 0 Å². The summed E-state index contributed by atoms with van der Waals surface area (Å²) in [6, 6.07) is 17.3. The van der Waals surface area contributed by atoms with Crippen molar-refractivity contribution in [1.82, 2.24) is 19.7 Å². The van der Waals surface area contributed by atoms with Crippen LogP contribution in [0, 0.1) is 13.8 Å². The second kappa shape index (κ2) is 9.68. The smallest absolute Gasteiger partial charge is 0.283 e. The molecule has 3 heterocycles. The highest BCUT2D eigenvalue weighted by Crippen LogP contribution is 2.34. The van der Waals surface area contributed by atoms with E-state index in [4.69, 9.17) is 4.74 Å². The summed E-state index contributed by atoms with van der Waals surface area (Å²) in [5.41, 5.74) is 5.66. The van der Waals surface area contributed by atoms with Crippen LogP contribution in [-0.2, 0) is 22.5 Å². The summed E-state index contributed by atoms with van der Waals surface area (Å²) in [6.45, 7) is 12.5. The van der Waals surface area contributed by atoms with Gasteiger partial charge in [0, 0.05) is 24.7 Å². The minimum Gasteiger partial charge on any atom is -0.467 e. The molecule has 4 aromatic rings. The van der Waals surface area contributed by atoms with Crippen molar-refractivity contribution in [2.45, 2.75) is 64.1 Å². The van der Waals surface area contributed by atoms with E-state index in [0.717, 1.165) is 22.3 Å². The number of fused-ring (bicyclic) bond motifs is 4. The second-order valence-electron chi connectivity index (χ2n) is 11.1. The zero-order valence-corrected chi connectivity index (χ0v) is 24.1. The minimum atomic E-state index is -4.05. The van der Waals surface area contributed by atoms with Gasteiger partial charge in [-0.05, 0) is 48.4 Å². The van der Waals surface area contributed by atoms with Gasteiger partial charge in [0.25, 0.3) is 10.0 Å². The summed E-state index contributed by atoms with van der Waals surface area (Å²) in [7, 11) is -2.36. The average Bonchev–Trinajstić information content (AvgIpc) is 3.22. The largest absolute Gasteiger partial charge is 0.467 e. The van der Waals surface area contributed by atoms with Gasteiger partial charge in [-0.25, -0.2) is 9.71 Å². The molecule has 0 saturated heterocycles. The Morgan fingerprint density at radius 3 is 2.28 bits per heavy atom. The fourth-order valence-electron chi connectivity index (χ4n) is 4.83. The topological polar surface area (TPSA) is 111 Å². The van der Waals surface area contributed by atoms with Gasteiger partial charge in [-0.2, -0.15) is 18.5 Å². The van der Waals surface area contributed by atoms with Gasteiger partial charge in [0.05, 0.1) is 11.7 Å². The van der Waals surface area contributed by atoms with Crippen molar-refractivity contribution in [2.24, 2.45) is 7.05 Å². The van der Waals surface area contributed by atoms with E-state index in [2.05, 4.69) is 70.1 Å². The Hall–Kier alpha value is -3.92. The quantitative estimate of drug-likeness (QED) is 0.340. The maximum Gasteiger partial charge on any atom is 0.283 e. The Morgan fingerprint density at radius 1 is 0.974 bits per heavy atom. The van der Waals surface area contributed by atoms with E-state index < -0.39 is 16.1 Å². The molecule has 0 aliphatic carbocycles. The van der Waals surface area contributed by atoms with Gasteiger partial charge < -0.3 is 10.1 Å². The highest BCUT2D eigenvalue weighted by molar-refractivity contribution is 7.92. The highest BCUT2D eigenvalue weighted by Gasteiger charge is 2.29. The first-order valence-corrected chi connectivity index (χ1v) is 14.4.